The summed E-state index contributed by atoms with van der Waals surface area (Å²) in [6.07, 6.45) is -0.730. The molecule has 0 spiro atoms. The maximum atomic E-state index is 9.27. The molecule has 74 valence electrons. The summed E-state index contributed by atoms with van der Waals surface area (Å²) in [5.74, 6) is 0.0168. The minimum atomic E-state index is -0.730. The van der Waals surface area contributed by atoms with Crippen molar-refractivity contribution in [2.45, 2.75) is 19.1 Å². The second kappa shape index (κ2) is 4.09. The average Bonchev–Trinajstić information content (AvgIpc) is 2.16. The number of nitriles is 1. The number of phenols is 1. The fourth-order valence-corrected chi connectivity index (χ4v) is 1.19. The molecule has 0 unspecified atom stereocenters. The van der Waals surface area contributed by atoms with E-state index in [1.807, 2.05) is 6.07 Å². The minimum absolute atomic E-state index is 0.0168. The van der Waals surface area contributed by atoms with E-state index in [1.54, 1.807) is 13.0 Å². The van der Waals surface area contributed by atoms with E-state index in [0.717, 1.165) is 0 Å². The molecular weight excluding hydrogens is 180 g/mol. The highest BCUT2D eigenvalue weighted by molar-refractivity contribution is 5.44. The highest BCUT2D eigenvalue weighted by atomic mass is 16.3. The van der Waals surface area contributed by atoms with E-state index in [2.05, 4.69) is 0 Å². The summed E-state index contributed by atoms with van der Waals surface area (Å²) < 4.78 is 0. The van der Waals surface area contributed by atoms with Gasteiger partial charge in [0.05, 0.1) is 23.8 Å². The standard InChI is InChI=1S/C10H12N2O2/c1-6(13)10(12)9-3-2-8(14)4-7(9)5-11/h2-4,6,10,13-14H,12H2,1H3/t6-,10+/m1/s1. The van der Waals surface area contributed by atoms with Gasteiger partial charge in [0.15, 0.2) is 0 Å². The predicted molar refractivity (Wildman–Crippen MR) is 51.4 cm³/mol. The fraction of sp³-hybridized carbons (Fsp3) is 0.300. The van der Waals surface area contributed by atoms with Gasteiger partial charge >= 0.3 is 0 Å². The van der Waals surface area contributed by atoms with Crippen LogP contribution in [0.3, 0.4) is 0 Å². The first-order valence-electron chi connectivity index (χ1n) is 4.23. The Labute approximate surface area is 82.2 Å². The van der Waals surface area contributed by atoms with Gasteiger partial charge in [0.2, 0.25) is 0 Å². The Bertz CT molecular complexity index is 369. The molecule has 0 radical (unpaired) electrons. The lowest BCUT2D eigenvalue weighted by Crippen LogP contribution is -2.24. The Morgan fingerprint density at radius 2 is 2.14 bits per heavy atom. The van der Waals surface area contributed by atoms with Crippen molar-refractivity contribution in [2.24, 2.45) is 5.73 Å². The molecule has 0 heterocycles. The number of benzene rings is 1. The zero-order valence-corrected chi connectivity index (χ0v) is 7.81. The van der Waals surface area contributed by atoms with Crippen LogP contribution in [0.1, 0.15) is 24.1 Å². The Morgan fingerprint density at radius 3 is 2.64 bits per heavy atom. The summed E-state index contributed by atoms with van der Waals surface area (Å²) in [6, 6.07) is 5.64. The van der Waals surface area contributed by atoms with Crippen molar-refractivity contribution in [3.63, 3.8) is 0 Å². The van der Waals surface area contributed by atoms with Gasteiger partial charge in [-0.05, 0) is 24.6 Å². The van der Waals surface area contributed by atoms with Crippen LogP contribution in [0.2, 0.25) is 0 Å². The van der Waals surface area contributed by atoms with Crippen molar-refractivity contribution >= 4 is 0 Å². The SMILES string of the molecule is C[C@@H](O)[C@H](N)c1ccc(O)cc1C#N. The molecule has 2 atom stereocenters. The molecule has 0 aliphatic carbocycles. The maximum Gasteiger partial charge on any atom is 0.116 e. The van der Waals surface area contributed by atoms with Crippen LogP contribution in [0.25, 0.3) is 0 Å². The van der Waals surface area contributed by atoms with E-state index in [0.29, 0.717) is 11.1 Å². The van der Waals surface area contributed by atoms with Gasteiger partial charge in [0, 0.05) is 0 Å². The van der Waals surface area contributed by atoms with Crippen LogP contribution in [-0.4, -0.2) is 16.3 Å². The molecule has 0 fully saturated rings. The van der Waals surface area contributed by atoms with Crippen molar-refractivity contribution in [1.29, 1.82) is 5.26 Å². The van der Waals surface area contributed by atoms with Gasteiger partial charge in [0.25, 0.3) is 0 Å². The van der Waals surface area contributed by atoms with E-state index in [4.69, 9.17) is 16.1 Å². The molecule has 4 nitrogen and oxygen atoms in total. The number of nitrogens with two attached hydrogens (primary N) is 1. The van der Waals surface area contributed by atoms with E-state index in [9.17, 15) is 5.11 Å². The second-order valence-corrected chi connectivity index (χ2v) is 3.15. The predicted octanol–water partition coefficient (Wildman–Crippen LogP) is 0.644. The zero-order valence-electron chi connectivity index (χ0n) is 7.81. The molecule has 4 N–H and O–H groups in total. The molecule has 14 heavy (non-hydrogen) atoms. The van der Waals surface area contributed by atoms with Crippen molar-refractivity contribution in [3.8, 4) is 11.8 Å². The van der Waals surface area contributed by atoms with Gasteiger partial charge in [-0.25, -0.2) is 0 Å². The summed E-state index contributed by atoms with van der Waals surface area (Å²) in [6.45, 7) is 1.55. The van der Waals surface area contributed by atoms with Gasteiger partial charge in [-0.15, -0.1) is 0 Å². The van der Waals surface area contributed by atoms with Crippen LogP contribution >= 0.6 is 0 Å². The Morgan fingerprint density at radius 1 is 1.50 bits per heavy atom. The lowest BCUT2D eigenvalue weighted by Gasteiger charge is -2.16. The van der Waals surface area contributed by atoms with Gasteiger partial charge in [0.1, 0.15) is 5.75 Å². The van der Waals surface area contributed by atoms with Crippen LogP contribution in [0.4, 0.5) is 0 Å². The first-order chi connectivity index (χ1) is 6.56. The molecule has 0 saturated carbocycles. The number of aliphatic hydroxyl groups is 1. The monoisotopic (exact) mass is 192 g/mol. The molecule has 1 aromatic carbocycles. The van der Waals surface area contributed by atoms with E-state index >= 15 is 0 Å². The average molecular weight is 192 g/mol. The Kier molecular flexibility index (Phi) is 3.07. The van der Waals surface area contributed by atoms with Crippen LogP contribution < -0.4 is 5.73 Å². The molecule has 1 aromatic rings. The Balaban J connectivity index is 3.16. The number of aliphatic hydroxyl groups excluding tert-OH is 1. The zero-order chi connectivity index (χ0) is 10.7. The number of hydrogen-bond acceptors (Lipinski definition) is 4. The molecule has 0 amide bonds. The number of aromatic hydroxyl groups is 1. The quantitative estimate of drug-likeness (QED) is 0.641. The number of hydrogen-bond donors (Lipinski definition) is 3. The summed E-state index contributed by atoms with van der Waals surface area (Å²) in [4.78, 5) is 0. The topological polar surface area (TPSA) is 90.3 Å². The molecule has 0 aliphatic heterocycles. The lowest BCUT2D eigenvalue weighted by molar-refractivity contribution is 0.164. The summed E-state index contributed by atoms with van der Waals surface area (Å²) in [7, 11) is 0. The van der Waals surface area contributed by atoms with Gasteiger partial charge < -0.3 is 15.9 Å². The van der Waals surface area contributed by atoms with Crippen LogP contribution in [-0.2, 0) is 0 Å². The highest BCUT2D eigenvalue weighted by Crippen LogP contribution is 2.22. The lowest BCUT2D eigenvalue weighted by atomic mass is 9.98. The fourth-order valence-electron chi connectivity index (χ4n) is 1.19. The van der Waals surface area contributed by atoms with Gasteiger partial charge in [-0.2, -0.15) is 5.26 Å². The smallest absolute Gasteiger partial charge is 0.116 e. The van der Waals surface area contributed by atoms with Gasteiger partial charge in [-0.3, -0.25) is 0 Å². The molecular formula is C10H12N2O2. The normalized spacial score (nSPS) is 14.4. The molecule has 0 aliphatic rings. The van der Waals surface area contributed by atoms with Crippen LogP contribution in [0, 0.1) is 11.3 Å². The van der Waals surface area contributed by atoms with E-state index in [1.165, 1.54) is 12.1 Å². The van der Waals surface area contributed by atoms with Crippen molar-refractivity contribution in [1.82, 2.24) is 0 Å². The van der Waals surface area contributed by atoms with Crippen molar-refractivity contribution in [2.75, 3.05) is 0 Å². The van der Waals surface area contributed by atoms with Crippen molar-refractivity contribution < 1.29 is 10.2 Å². The molecule has 4 heteroatoms. The molecule has 0 aromatic heterocycles. The summed E-state index contributed by atoms with van der Waals surface area (Å²) in [5, 5.41) is 27.2. The number of rotatable bonds is 2. The number of nitrogens with zero attached hydrogens (tertiary/aromatic N) is 1. The number of phenolic OH excluding ortho intramolecular Hbond substituents is 1. The van der Waals surface area contributed by atoms with Gasteiger partial charge in [-0.1, -0.05) is 6.07 Å². The van der Waals surface area contributed by atoms with Crippen LogP contribution in [0.15, 0.2) is 18.2 Å². The van der Waals surface area contributed by atoms with Crippen molar-refractivity contribution in [3.05, 3.63) is 29.3 Å². The minimum Gasteiger partial charge on any atom is -0.508 e. The first-order valence-corrected chi connectivity index (χ1v) is 4.23. The van der Waals surface area contributed by atoms with E-state index < -0.39 is 12.1 Å². The van der Waals surface area contributed by atoms with Crippen LogP contribution in [0.5, 0.6) is 5.75 Å². The third-order valence-corrected chi connectivity index (χ3v) is 2.04. The summed E-state index contributed by atoms with van der Waals surface area (Å²) in [5.41, 5.74) is 6.51. The molecule has 0 saturated heterocycles. The summed E-state index contributed by atoms with van der Waals surface area (Å²) >= 11 is 0. The second-order valence-electron chi connectivity index (χ2n) is 3.15. The highest BCUT2D eigenvalue weighted by Gasteiger charge is 2.15. The molecule has 1 rings (SSSR count). The first kappa shape index (κ1) is 10.5. The molecule has 0 bridgehead atoms. The van der Waals surface area contributed by atoms with E-state index in [-0.39, 0.29) is 5.75 Å². The largest absolute Gasteiger partial charge is 0.508 e. The Hall–Kier alpha value is -1.57. The maximum absolute atomic E-state index is 9.27. The third-order valence-electron chi connectivity index (χ3n) is 2.04. The third kappa shape index (κ3) is 2.02.